The molecule has 0 unspecified atom stereocenters. The van der Waals surface area contributed by atoms with Crippen molar-refractivity contribution < 1.29 is 14.2 Å². The average molecular weight is 1180 g/mol. The number of methoxy groups -OCH3 is 3. The molecule has 20 rings (SSSR count). The topological polar surface area (TPSA) is 27.7 Å². The van der Waals surface area contributed by atoms with Crippen LogP contribution in [0.5, 0.6) is 17.2 Å². The smallest absolute Gasteiger partial charge is 0.126 e. The van der Waals surface area contributed by atoms with Crippen LogP contribution in [-0.4, -0.2) is 26.3 Å². The Morgan fingerprint density at radius 3 is 1.01 bits per heavy atom. The maximum Gasteiger partial charge on any atom is 0.126 e. The fourth-order valence-electron chi connectivity index (χ4n) is 8.24. The summed E-state index contributed by atoms with van der Waals surface area (Å²) in [4.78, 5) is 2.43. The molecule has 5 heteroatoms. The number of alkyl halides is 1. The molecule has 8 aromatic rings. The number of hydrogen-bond donors (Lipinski definition) is 0. The third kappa shape index (κ3) is 14.2. The molecule has 0 aliphatic heterocycles. The second-order valence-corrected chi connectivity index (χ2v) is 24.4. The molecule has 0 saturated carbocycles. The molecule has 0 saturated heterocycles. The molecule has 8 aromatic carbocycles. The van der Waals surface area contributed by atoms with Gasteiger partial charge in [-0.05, 0) is 107 Å². The van der Waals surface area contributed by atoms with Crippen LogP contribution in [0.3, 0.4) is 0 Å². The molecule has 0 N–H and O–H groups in total. The van der Waals surface area contributed by atoms with Gasteiger partial charge < -0.3 is 9.47 Å². The van der Waals surface area contributed by atoms with E-state index < -0.39 is 19.8 Å². The Kier molecular flexibility index (Phi) is 18.0. The minimum absolute atomic E-state index is 0.909. The normalized spacial score (nSPS) is 12.1. The summed E-state index contributed by atoms with van der Waals surface area (Å²) >= 11 is 0.853. The van der Waals surface area contributed by atoms with Crippen LogP contribution < -0.4 is 14.2 Å². The molecule has 12 aliphatic rings. The van der Waals surface area contributed by atoms with E-state index in [9.17, 15) is 0 Å². The second-order valence-electron chi connectivity index (χ2n) is 18.1. The summed E-state index contributed by atoms with van der Waals surface area (Å²) in [6.45, 7) is 8.47. The molecule has 73 heavy (non-hydrogen) atoms. The summed E-state index contributed by atoms with van der Waals surface area (Å²) < 4.78 is 20.8. The van der Waals surface area contributed by atoms with E-state index in [4.69, 9.17) is 14.2 Å². The van der Waals surface area contributed by atoms with E-state index in [0.29, 0.717) is 0 Å². The first-order chi connectivity index (χ1) is 35.4. The van der Waals surface area contributed by atoms with Gasteiger partial charge in [0.25, 0.3) is 0 Å². The standard InChI is InChI=1S/C25H23IO.C18H16O.C17H13IO.C8H10/c1-18-4-14-23(15-5-18)26(2)24-16-22-13-11-20-8-6-19(7-9-20)10-12-21(24)17-25(22)27-3;1-13-11-17-10-8-15-5-3-14(4-6-15)7-9-16(13)12-18(17)19-2;1-19-17-11-14-8-6-12-2-4-13(5-3-12)7-9-15(17)10-16(14)18;1-7-3-5-8(2)6-4-7/h4-17H,1-3H3;3-12H,1-2H3;2-11H,1H3;3-6H,1-2H3. The summed E-state index contributed by atoms with van der Waals surface area (Å²) in [7, 11) is 5.18. The molecule has 0 amide bonds. The Balaban J connectivity index is 0.000000138. The molecule has 0 heterocycles. The van der Waals surface area contributed by atoms with Crippen LogP contribution in [0.4, 0.5) is 0 Å². The number of rotatable bonds is 5. The number of ether oxygens (including phenoxy) is 3. The Hall–Kier alpha value is -6.94. The van der Waals surface area contributed by atoms with E-state index in [1.807, 2.05) is 0 Å². The van der Waals surface area contributed by atoms with Crippen LogP contribution in [0.25, 0.3) is 72.9 Å². The number of halogens is 2. The summed E-state index contributed by atoms with van der Waals surface area (Å²) in [6.07, 6.45) is 25.8. The predicted molar refractivity (Wildman–Crippen MR) is 334 cm³/mol. The Morgan fingerprint density at radius 1 is 0.315 bits per heavy atom. The quantitative estimate of drug-likeness (QED) is 0.127. The van der Waals surface area contributed by atoms with Gasteiger partial charge in [0.05, 0.1) is 14.2 Å². The van der Waals surface area contributed by atoms with E-state index in [-0.39, 0.29) is 0 Å². The SMILES string of the molecule is COc1cc2c(C)cc1C=Cc1ccc(cc1)C=C2.COc1cc2c(I(C)c3ccc(C)cc3)cc1C=Cc1ccc(cc1)C=C2.COc1cc2c(I)cc1C=Cc1ccc(cc1)C=C2.Cc1ccc(C)cc1. The van der Waals surface area contributed by atoms with E-state index in [2.05, 4.69) is 286 Å². The molecular weight excluding hydrogens is 1120 g/mol. The summed E-state index contributed by atoms with van der Waals surface area (Å²) in [6, 6.07) is 56.3. The van der Waals surface area contributed by atoms with Crippen molar-refractivity contribution in [2.75, 3.05) is 26.3 Å². The van der Waals surface area contributed by atoms with E-state index in [1.54, 1.807) is 21.3 Å². The molecule has 0 atom stereocenters. The van der Waals surface area contributed by atoms with Crippen LogP contribution in [0, 0.1) is 38.4 Å². The van der Waals surface area contributed by atoms with Crippen molar-refractivity contribution in [2.24, 2.45) is 0 Å². The van der Waals surface area contributed by atoms with Gasteiger partial charge in [0.2, 0.25) is 0 Å². The zero-order valence-corrected chi connectivity index (χ0v) is 47.2. The molecule has 3 nitrogen and oxygen atoms in total. The Bertz CT molecular complexity index is 3210. The third-order valence-corrected chi connectivity index (χ3v) is 18.9. The first-order valence-corrected chi connectivity index (χ1v) is 29.7. The Labute approximate surface area is 454 Å². The van der Waals surface area contributed by atoms with Crippen molar-refractivity contribution in [1.82, 2.24) is 0 Å². The molecule has 0 aromatic heterocycles. The first kappa shape index (κ1) is 52.4. The molecule has 12 bridgehead atoms. The van der Waals surface area contributed by atoms with Crippen molar-refractivity contribution in [1.29, 1.82) is 0 Å². The molecular formula is C68H62I2O3. The van der Waals surface area contributed by atoms with Gasteiger partial charge in [-0.1, -0.05) is 133 Å². The first-order valence-electron chi connectivity index (χ1n) is 24.3. The third-order valence-electron chi connectivity index (χ3n) is 12.7. The minimum Gasteiger partial charge on any atom is -0.496 e. The van der Waals surface area contributed by atoms with E-state index in [0.717, 1.165) is 33.9 Å². The monoisotopic (exact) mass is 1180 g/mol. The zero-order chi connectivity index (χ0) is 51.3. The number of hydrogen-bond acceptors (Lipinski definition) is 3. The molecule has 0 spiro atoms. The van der Waals surface area contributed by atoms with Crippen molar-refractivity contribution in [2.45, 2.75) is 27.7 Å². The van der Waals surface area contributed by atoms with Crippen LogP contribution >= 0.6 is 42.4 Å². The second kappa shape index (κ2) is 25.1. The van der Waals surface area contributed by atoms with Gasteiger partial charge >= 0.3 is 169 Å². The van der Waals surface area contributed by atoms with Gasteiger partial charge in [0.1, 0.15) is 11.5 Å². The largest absolute Gasteiger partial charge is 0.496 e. The van der Waals surface area contributed by atoms with Crippen LogP contribution in [0.15, 0.2) is 158 Å². The fraction of sp³-hybridized carbons (Fsp3) is 0.118. The van der Waals surface area contributed by atoms with Gasteiger partial charge in [-0.15, -0.1) is 0 Å². The fourth-order valence-corrected chi connectivity index (χ4v) is 13.1. The van der Waals surface area contributed by atoms with Gasteiger partial charge in [0, 0.05) is 14.7 Å². The maximum absolute atomic E-state index is 5.70. The van der Waals surface area contributed by atoms with Crippen molar-refractivity contribution in [3.8, 4) is 17.2 Å². The number of benzene rings is 8. The summed E-state index contributed by atoms with van der Waals surface area (Å²) in [5, 5.41) is 0. The predicted octanol–water partition coefficient (Wildman–Crippen LogP) is 18.7. The van der Waals surface area contributed by atoms with Gasteiger partial charge in [0.15, 0.2) is 0 Å². The van der Waals surface area contributed by atoms with Crippen molar-refractivity contribution in [3.63, 3.8) is 0 Å². The van der Waals surface area contributed by atoms with Gasteiger partial charge in [-0.25, -0.2) is 0 Å². The van der Waals surface area contributed by atoms with Crippen molar-refractivity contribution in [3.05, 3.63) is 257 Å². The van der Waals surface area contributed by atoms with Crippen molar-refractivity contribution >= 4 is 115 Å². The molecule has 366 valence electrons. The van der Waals surface area contributed by atoms with Crippen LogP contribution in [0.2, 0.25) is 0 Å². The molecule has 0 fully saturated rings. The number of aryl methyl sites for hydroxylation is 4. The average Bonchev–Trinajstić information content (AvgIpc) is 3.40. The van der Waals surface area contributed by atoms with Crippen LogP contribution in [-0.2, 0) is 0 Å². The summed E-state index contributed by atoms with van der Waals surface area (Å²) in [5.41, 5.74) is 19.4. The van der Waals surface area contributed by atoms with Gasteiger partial charge in [-0.2, -0.15) is 0 Å². The molecule has 12 aliphatic carbocycles. The van der Waals surface area contributed by atoms with Gasteiger partial charge in [-0.3, -0.25) is 0 Å². The zero-order valence-electron chi connectivity index (χ0n) is 42.9. The van der Waals surface area contributed by atoms with Crippen LogP contribution in [0.1, 0.15) is 89.0 Å². The molecule has 0 radical (unpaired) electrons. The maximum atomic E-state index is 5.70. The van der Waals surface area contributed by atoms with E-state index >= 15 is 0 Å². The van der Waals surface area contributed by atoms with E-state index in [1.165, 1.54) is 83.0 Å². The summed E-state index contributed by atoms with van der Waals surface area (Å²) in [5.74, 6) is 2.75. The Morgan fingerprint density at radius 2 is 0.616 bits per heavy atom. The minimum atomic E-state index is -1.51.